The van der Waals surface area contributed by atoms with Crippen molar-refractivity contribution in [3.8, 4) is 5.75 Å². The van der Waals surface area contributed by atoms with Gasteiger partial charge in [-0.25, -0.2) is 0 Å². The molecule has 0 atom stereocenters. The van der Waals surface area contributed by atoms with E-state index in [1.807, 2.05) is 26.0 Å². The molecule has 0 saturated carbocycles. The van der Waals surface area contributed by atoms with Crippen molar-refractivity contribution in [2.45, 2.75) is 25.3 Å². The Hall–Kier alpha value is -3.33. The number of rotatable bonds is 8. The molecule has 29 heavy (non-hydrogen) atoms. The van der Waals surface area contributed by atoms with Crippen molar-refractivity contribution in [1.82, 2.24) is 10.2 Å². The molecule has 8 nitrogen and oxygen atoms in total. The number of nitrogens with one attached hydrogen (secondary N) is 3. The molecule has 3 N–H and O–H groups in total. The van der Waals surface area contributed by atoms with Gasteiger partial charge < -0.3 is 10.1 Å². The van der Waals surface area contributed by atoms with Gasteiger partial charge in [0.05, 0.1) is 6.61 Å². The van der Waals surface area contributed by atoms with Crippen molar-refractivity contribution >= 4 is 27.3 Å². The number of nitrogens with zero attached hydrogens (tertiary/aromatic N) is 1. The largest absolute Gasteiger partial charge is 0.494 e. The number of carbonyl (C=O) groups is 1. The molecule has 0 saturated heterocycles. The van der Waals surface area contributed by atoms with Gasteiger partial charge in [-0.05, 0) is 55.3 Å². The van der Waals surface area contributed by atoms with Crippen LogP contribution in [0.15, 0.2) is 59.6 Å². The number of anilines is 2. The van der Waals surface area contributed by atoms with Gasteiger partial charge in [0.25, 0.3) is 15.9 Å². The van der Waals surface area contributed by atoms with Crippen molar-refractivity contribution in [1.29, 1.82) is 0 Å². The molecule has 9 heteroatoms. The highest BCUT2D eigenvalue weighted by atomic mass is 32.2. The van der Waals surface area contributed by atoms with Crippen molar-refractivity contribution in [2.24, 2.45) is 0 Å². The van der Waals surface area contributed by atoms with Gasteiger partial charge >= 0.3 is 0 Å². The lowest BCUT2D eigenvalue weighted by Crippen LogP contribution is -2.14. The minimum atomic E-state index is -3.92. The van der Waals surface area contributed by atoms with Crippen LogP contribution in [0, 0.1) is 0 Å². The fraction of sp³-hybridized carbons (Fsp3) is 0.200. The van der Waals surface area contributed by atoms with Gasteiger partial charge in [-0.2, -0.15) is 13.5 Å². The molecule has 3 aromatic rings. The molecule has 1 heterocycles. The zero-order valence-electron chi connectivity index (χ0n) is 16.1. The van der Waals surface area contributed by atoms with Crippen LogP contribution in [0.5, 0.6) is 5.75 Å². The van der Waals surface area contributed by atoms with E-state index in [9.17, 15) is 13.2 Å². The Morgan fingerprint density at radius 2 is 1.69 bits per heavy atom. The number of aryl methyl sites for hydroxylation is 1. The zero-order chi connectivity index (χ0) is 20.9. The van der Waals surface area contributed by atoms with Crippen LogP contribution in [0.3, 0.4) is 0 Å². The lowest BCUT2D eigenvalue weighted by molar-refractivity contribution is 0.102. The molecule has 0 fully saturated rings. The van der Waals surface area contributed by atoms with Gasteiger partial charge in [0.1, 0.15) is 5.75 Å². The van der Waals surface area contributed by atoms with Crippen LogP contribution in [-0.2, 0) is 16.4 Å². The third-order valence-corrected chi connectivity index (χ3v) is 5.41. The molecule has 0 bridgehead atoms. The summed E-state index contributed by atoms with van der Waals surface area (Å²) in [6, 6.07) is 15.1. The molecular weight excluding hydrogens is 392 g/mol. The summed E-state index contributed by atoms with van der Waals surface area (Å²) in [4.78, 5) is 12.3. The summed E-state index contributed by atoms with van der Waals surface area (Å²) < 4.78 is 32.8. The molecule has 0 radical (unpaired) electrons. The average Bonchev–Trinajstić information content (AvgIpc) is 3.22. The summed E-state index contributed by atoms with van der Waals surface area (Å²) in [5.41, 5.74) is 2.09. The number of amides is 1. The van der Waals surface area contributed by atoms with Crippen molar-refractivity contribution in [3.05, 3.63) is 65.9 Å². The number of benzene rings is 2. The van der Waals surface area contributed by atoms with Gasteiger partial charge in [-0.1, -0.05) is 19.1 Å². The third kappa shape index (κ3) is 5.14. The summed E-state index contributed by atoms with van der Waals surface area (Å²) in [5.74, 6) is 0.135. The predicted octanol–water partition coefficient (Wildman–Crippen LogP) is 3.42. The van der Waals surface area contributed by atoms with Crippen LogP contribution in [0.2, 0.25) is 0 Å². The molecule has 0 aliphatic heterocycles. The molecule has 3 rings (SSSR count). The smallest absolute Gasteiger partial charge is 0.278 e. The van der Waals surface area contributed by atoms with Crippen LogP contribution in [0.1, 0.15) is 29.9 Å². The molecule has 152 valence electrons. The lowest BCUT2D eigenvalue weighted by Gasteiger charge is -2.07. The summed E-state index contributed by atoms with van der Waals surface area (Å²) in [6.45, 7) is 4.43. The molecule has 0 aliphatic rings. The Balaban J connectivity index is 1.69. The second kappa shape index (κ2) is 8.78. The topological polar surface area (TPSA) is 113 Å². The van der Waals surface area contributed by atoms with Gasteiger partial charge in [0.2, 0.25) is 0 Å². The van der Waals surface area contributed by atoms with E-state index in [2.05, 4.69) is 20.2 Å². The maximum atomic E-state index is 12.5. The zero-order valence-corrected chi connectivity index (χ0v) is 16.9. The summed E-state index contributed by atoms with van der Waals surface area (Å²) >= 11 is 0. The van der Waals surface area contributed by atoms with Crippen LogP contribution in [0.25, 0.3) is 0 Å². The molecular formula is C20H22N4O4S. The minimum absolute atomic E-state index is 0.0309. The Kier molecular flexibility index (Phi) is 6.18. The van der Waals surface area contributed by atoms with Crippen molar-refractivity contribution in [2.75, 3.05) is 16.6 Å². The maximum absolute atomic E-state index is 12.5. The first-order chi connectivity index (χ1) is 13.9. The molecule has 1 amide bonds. The average molecular weight is 414 g/mol. The Morgan fingerprint density at radius 3 is 2.31 bits per heavy atom. The summed E-state index contributed by atoms with van der Waals surface area (Å²) in [7, 11) is -3.92. The van der Waals surface area contributed by atoms with E-state index < -0.39 is 15.9 Å². The summed E-state index contributed by atoms with van der Waals surface area (Å²) in [5, 5.41) is 8.69. The number of aromatic nitrogens is 2. The van der Waals surface area contributed by atoms with E-state index in [4.69, 9.17) is 4.74 Å². The number of sulfonamides is 1. The number of ether oxygens (including phenoxy) is 1. The van der Waals surface area contributed by atoms with Crippen LogP contribution < -0.4 is 14.8 Å². The van der Waals surface area contributed by atoms with E-state index >= 15 is 0 Å². The Morgan fingerprint density at radius 1 is 1.03 bits per heavy atom. The fourth-order valence-electron chi connectivity index (χ4n) is 2.57. The number of carbonyl (C=O) groups excluding carboxylic acids is 1. The molecule has 0 aliphatic carbocycles. The predicted molar refractivity (Wildman–Crippen MR) is 111 cm³/mol. The van der Waals surface area contributed by atoms with E-state index in [0.29, 0.717) is 23.7 Å². The van der Waals surface area contributed by atoms with Gasteiger partial charge in [0, 0.05) is 17.4 Å². The van der Waals surface area contributed by atoms with Crippen LogP contribution in [-0.4, -0.2) is 31.1 Å². The number of hydrogen-bond acceptors (Lipinski definition) is 5. The highest BCUT2D eigenvalue weighted by Crippen LogP contribution is 2.19. The second-order valence-corrected chi connectivity index (χ2v) is 7.84. The van der Waals surface area contributed by atoms with E-state index in [-0.39, 0.29) is 10.7 Å². The lowest BCUT2D eigenvalue weighted by atomic mass is 10.1. The minimum Gasteiger partial charge on any atom is -0.494 e. The highest BCUT2D eigenvalue weighted by Gasteiger charge is 2.20. The monoisotopic (exact) mass is 414 g/mol. The van der Waals surface area contributed by atoms with Gasteiger partial charge in [-0.15, -0.1) is 0 Å². The van der Waals surface area contributed by atoms with E-state index in [1.165, 1.54) is 6.07 Å². The van der Waals surface area contributed by atoms with Crippen molar-refractivity contribution < 1.29 is 17.9 Å². The number of hydrogen-bond donors (Lipinski definition) is 3. The van der Waals surface area contributed by atoms with Crippen LogP contribution in [0.4, 0.5) is 11.4 Å². The Bertz CT molecular complexity index is 1070. The van der Waals surface area contributed by atoms with Crippen molar-refractivity contribution in [3.63, 3.8) is 0 Å². The molecule has 1 aromatic heterocycles. The van der Waals surface area contributed by atoms with Gasteiger partial charge in [0.15, 0.2) is 10.7 Å². The first kappa shape index (κ1) is 20.4. The SMILES string of the molecule is CCOc1ccc(NS(=O)(=O)c2cc(C(=O)Nc3ccc(CC)cc3)n[nH]2)cc1. The third-order valence-electron chi connectivity index (χ3n) is 4.11. The summed E-state index contributed by atoms with van der Waals surface area (Å²) in [6.07, 6.45) is 0.899. The van der Waals surface area contributed by atoms with E-state index in [0.717, 1.165) is 12.0 Å². The quantitative estimate of drug-likeness (QED) is 0.523. The molecule has 2 aromatic carbocycles. The number of H-pyrrole nitrogens is 1. The fourth-order valence-corrected chi connectivity index (χ4v) is 3.56. The normalized spacial score (nSPS) is 11.1. The highest BCUT2D eigenvalue weighted by molar-refractivity contribution is 7.92. The Labute approximate surface area is 169 Å². The first-order valence-corrected chi connectivity index (χ1v) is 10.6. The van der Waals surface area contributed by atoms with E-state index in [1.54, 1.807) is 36.4 Å². The second-order valence-electron chi connectivity index (χ2n) is 6.18. The maximum Gasteiger partial charge on any atom is 0.278 e. The standard InChI is InChI=1S/C20H22N4O4S/c1-3-14-5-7-15(8-6-14)21-20(25)18-13-19(23-22-18)29(26,27)24-16-9-11-17(12-10-16)28-4-2/h5-13,24H,3-4H2,1-2H3,(H,21,25)(H,22,23). The molecule has 0 spiro atoms. The first-order valence-electron chi connectivity index (χ1n) is 9.12. The molecule has 0 unspecified atom stereocenters. The van der Waals surface area contributed by atoms with Crippen LogP contribution >= 0.6 is 0 Å². The number of aromatic amines is 1. The van der Waals surface area contributed by atoms with Gasteiger partial charge in [-0.3, -0.25) is 14.6 Å².